The second-order valence-electron chi connectivity index (χ2n) is 4.59. The van der Waals surface area contributed by atoms with Gasteiger partial charge in [-0.2, -0.15) is 0 Å². The standard InChI is InChI=1S/C15H23ClN2/c1-2-3-4-5-6-10-14(18-17)12-13-9-7-8-11-15(13)16/h2,7-9,11,14,18H,1,3-6,10,12,17H2. The molecule has 3 heteroatoms. The van der Waals surface area contributed by atoms with Crippen LogP contribution in [0.3, 0.4) is 0 Å². The summed E-state index contributed by atoms with van der Waals surface area (Å²) in [6.07, 6.45) is 8.68. The van der Waals surface area contributed by atoms with Crippen molar-refractivity contribution in [2.75, 3.05) is 0 Å². The number of hydrogen-bond acceptors (Lipinski definition) is 2. The molecule has 0 aromatic heterocycles. The highest BCUT2D eigenvalue weighted by Crippen LogP contribution is 2.18. The van der Waals surface area contributed by atoms with Gasteiger partial charge in [0.2, 0.25) is 0 Å². The maximum Gasteiger partial charge on any atom is 0.0438 e. The number of hydrazine groups is 1. The molecule has 0 spiro atoms. The monoisotopic (exact) mass is 266 g/mol. The van der Waals surface area contributed by atoms with Gasteiger partial charge in [0.25, 0.3) is 0 Å². The quantitative estimate of drug-likeness (QED) is 0.308. The highest BCUT2D eigenvalue weighted by atomic mass is 35.5. The van der Waals surface area contributed by atoms with Gasteiger partial charge in [-0.15, -0.1) is 6.58 Å². The summed E-state index contributed by atoms with van der Waals surface area (Å²) < 4.78 is 0. The van der Waals surface area contributed by atoms with Crippen LogP contribution in [0.2, 0.25) is 5.02 Å². The average Bonchev–Trinajstić information content (AvgIpc) is 2.39. The molecule has 0 amide bonds. The molecule has 2 nitrogen and oxygen atoms in total. The summed E-state index contributed by atoms with van der Waals surface area (Å²) in [7, 11) is 0. The van der Waals surface area contributed by atoms with Gasteiger partial charge in [0.15, 0.2) is 0 Å². The third-order valence-corrected chi connectivity index (χ3v) is 3.49. The number of nitrogens with one attached hydrogen (secondary N) is 1. The first-order valence-electron chi connectivity index (χ1n) is 6.58. The minimum absolute atomic E-state index is 0.300. The van der Waals surface area contributed by atoms with E-state index < -0.39 is 0 Å². The summed E-state index contributed by atoms with van der Waals surface area (Å²) in [6, 6.07) is 8.25. The molecule has 1 rings (SSSR count). The smallest absolute Gasteiger partial charge is 0.0438 e. The molecule has 0 aliphatic rings. The highest BCUT2D eigenvalue weighted by Gasteiger charge is 2.09. The second-order valence-corrected chi connectivity index (χ2v) is 4.99. The van der Waals surface area contributed by atoms with Crippen molar-refractivity contribution < 1.29 is 0 Å². The fourth-order valence-electron chi connectivity index (χ4n) is 2.03. The second kappa shape index (κ2) is 9.15. The van der Waals surface area contributed by atoms with E-state index in [1.54, 1.807) is 0 Å². The van der Waals surface area contributed by atoms with Crippen LogP contribution in [-0.4, -0.2) is 6.04 Å². The largest absolute Gasteiger partial charge is 0.271 e. The van der Waals surface area contributed by atoms with Crippen molar-refractivity contribution in [2.45, 2.75) is 44.6 Å². The van der Waals surface area contributed by atoms with E-state index in [1.807, 2.05) is 24.3 Å². The molecule has 0 aliphatic heterocycles. The molecule has 0 fully saturated rings. The molecule has 0 saturated carbocycles. The van der Waals surface area contributed by atoms with Gasteiger partial charge in [-0.3, -0.25) is 11.3 Å². The van der Waals surface area contributed by atoms with E-state index >= 15 is 0 Å². The van der Waals surface area contributed by atoms with Gasteiger partial charge in [0.1, 0.15) is 0 Å². The summed E-state index contributed by atoms with van der Waals surface area (Å²) >= 11 is 6.15. The van der Waals surface area contributed by atoms with Crippen LogP contribution in [0.25, 0.3) is 0 Å². The number of benzene rings is 1. The summed E-state index contributed by atoms with van der Waals surface area (Å²) in [5.41, 5.74) is 4.05. The van der Waals surface area contributed by atoms with Crippen LogP contribution in [0.15, 0.2) is 36.9 Å². The average molecular weight is 267 g/mol. The lowest BCUT2D eigenvalue weighted by molar-refractivity contribution is 0.464. The van der Waals surface area contributed by atoms with Crippen molar-refractivity contribution in [3.8, 4) is 0 Å². The van der Waals surface area contributed by atoms with Gasteiger partial charge in [0.05, 0.1) is 0 Å². The minimum atomic E-state index is 0.300. The maximum absolute atomic E-state index is 6.15. The molecule has 0 heterocycles. The van der Waals surface area contributed by atoms with E-state index in [1.165, 1.54) is 19.3 Å². The van der Waals surface area contributed by atoms with Crippen LogP contribution in [0.1, 0.15) is 37.7 Å². The lowest BCUT2D eigenvalue weighted by atomic mass is 10.0. The number of rotatable bonds is 9. The van der Waals surface area contributed by atoms with Crippen molar-refractivity contribution >= 4 is 11.6 Å². The number of hydrogen-bond donors (Lipinski definition) is 2. The van der Waals surface area contributed by atoms with Gasteiger partial charge in [0, 0.05) is 11.1 Å². The molecular formula is C15H23ClN2. The van der Waals surface area contributed by atoms with Gasteiger partial charge in [-0.25, -0.2) is 0 Å². The molecule has 1 aromatic rings. The Morgan fingerprint density at radius 3 is 2.72 bits per heavy atom. The fraction of sp³-hybridized carbons (Fsp3) is 0.467. The minimum Gasteiger partial charge on any atom is -0.271 e. The Morgan fingerprint density at radius 2 is 2.06 bits per heavy atom. The van der Waals surface area contributed by atoms with E-state index in [4.69, 9.17) is 17.4 Å². The summed E-state index contributed by atoms with van der Waals surface area (Å²) in [5, 5.41) is 0.824. The molecule has 3 N–H and O–H groups in total. The van der Waals surface area contributed by atoms with Crippen LogP contribution in [-0.2, 0) is 6.42 Å². The maximum atomic E-state index is 6.15. The van der Waals surface area contributed by atoms with E-state index in [-0.39, 0.29) is 0 Å². The third-order valence-electron chi connectivity index (χ3n) is 3.12. The zero-order chi connectivity index (χ0) is 13.2. The van der Waals surface area contributed by atoms with Crippen molar-refractivity contribution in [3.63, 3.8) is 0 Å². The first kappa shape index (κ1) is 15.2. The third kappa shape index (κ3) is 5.67. The van der Waals surface area contributed by atoms with Crippen molar-refractivity contribution in [1.82, 2.24) is 5.43 Å². The van der Waals surface area contributed by atoms with Crippen LogP contribution < -0.4 is 11.3 Å². The zero-order valence-electron chi connectivity index (χ0n) is 10.9. The van der Waals surface area contributed by atoms with Gasteiger partial charge < -0.3 is 0 Å². The molecule has 0 bridgehead atoms. The van der Waals surface area contributed by atoms with Crippen molar-refractivity contribution in [2.24, 2.45) is 5.84 Å². The van der Waals surface area contributed by atoms with Crippen LogP contribution in [0.5, 0.6) is 0 Å². The van der Waals surface area contributed by atoms with Crippen molar-refractivity contribution in [1.29, 1.82) is 0 Å². The SMILES string of the molecule is C=CCCCCCC(Cc1ccccc1Cl)NN. The lowest BCUT2D eigenvalue weighted by Gasteiger charge is -2.16. The number of nitrogens with two attached hydrogens (primary N) is 1. The Hall–Kier alpha value is -0.830. The number of halogens is 1. The Kier molecular flexibility index (Phi) is 7.74. The zero-order valence-corrected chi connectivity index (χ0v) is 11.6. The van der Waals surface area contributed by atoms with Crippen molar-refractivity contribution in [3.05, 3.63) is 47.5 Å². The van der Waals surface area contributed by atoms with Crippen LogP contribution >= 0.6 is 11.6 Å². The Labute approximate surface area is 115 Å². The predicted molar refractivity (Wildman–Crippen MR) is 79.5 cm³/mol. The fourth-order valence-corrected chi connectivity index (χ4v) is 2.24. The highest BCUT2D eigenvalue weighted by molar-refractivity contribution is 6.31. The summed E-state index contributed by atoms with van der Waals surface area (Å²) in [5.74, 6) is 5.60. The van der Waals surface area contributed by atoms with E-state index in [2.05, 4.69) is 18.1 Å². The first-order chi connectivity index (χ1) is 8.77. The molecular weight excluding hydrogens is 244 g/mol. The summed E-state index contributed by atoms with van der Waals surface area (Å²) in [4.78, 5) is 0. The van der Waals surface area contributed by atoms with Gasteiger partial charge >= 0.3 is 0 Å². The Morgan fingerprint density at radius 1 is 1.28 bits per heavy atom. The molecule has 18 heavy (non-hydrogen) atoms. The normalized spacial score (nSPS) is 12.3. The lowest BCUT2D eigenvalue weighted by Crippen LogP contribution is -2.36. The molecule has 0 saturated heterocycles. The number of allylic oxidation sites excluding steroid dienone is 1. The van der Waals surface area contributed by atoms with E-state index in [0.29, 0.717) is 6.04 Å². The first-order valence-corrected chi connectivity index (χ1v) is 6.96. The molecule has 1 atom stereocenters. The number of unbranched alkanes of at least 4 members (excludes halogenated alkanes) is 3. The summed E-state index contributed by atoms with van der Waals surface area (Å²) in [6.45, 7) is 3.73. The van der Waals surface area contributed by atoms with E-state index in [9.17, 15) is 0 Å². The molecule has 100 valence electrons. The molecule has 0 aliphatic carbocycles. The van der Waals surface area contributed by atoms with Gasteiger partial charge in [-0.1, -0.05) is 48.7 Å². The Balaban J connectivity index is 2.33. The molecule has 1 aromatic carbocycles. The molecule has 1 unspecified atom stereocenters. The van der Waals surface area contributed by atoms with E-state index in [0.717, 1.165) is 29.8 Å². The predicted octanol–water partition coefficient (Wildman–Crippen LogP) is 3.85. The Bertz CT molecular complexity index is 352. The van der Waals surface area contributed by atoms with Crippen LogP contribution in [0.4, 0.5) is 0 Å². The van der Waals surface area contributed by atoms with Crippen LogP contribution in [0, 0.1) is 0 Å². The molecule has 0 radical (unpaired) electrons. The topological polar surface area (TPSA) is 38.0 Å². The van der Waals surface area contributed by atoms with Gasteiger partial charge in [-0.05, 0) is 37.3 Å².